The first-order chi connectivity index (χ1) is 10.1. The molecule has 0 radical (unpaired) electrons. The van der Waals surface area contributed by atoms with Crippen LogP contribution in [0.5, 0.6) is 0 Å². The van der Waals surface area contributed by atoms with E-state index in [1.807, 2.05) is 6.07 Å². The molecule has 1 aliphatic carbocycles. The highest BCUT2D eigenvalue weighted by atomic mass is 35.5. The molecule has 112 valence electrons. The third-order valence-corrected chi connectivity index (χ3v) is 4.19. The normalized spacial score (nSPS) is 21.2. The number of hydrogen-bond donors (Lipinski definition) is 2. The zero-order valence-corrected chi connectivity index (χ0v) is 12.4. The fraction of sp³-hybridized carbons (Fsp3) is 0.467. The van der Waals surface area contributed by atoms with E-state index in [9.17, 15) is 9.59 Å². The number of nitrogens with one attached hydrogen (secondary N) is 2. The standard InChI is InChI=1S/C15H18ClN3O2/c16-11-4-1-2-5-12(11)18-15(21)19-9-3-6-13(19)14(20)17-10-7-8-10/h1-2,4-5,10,13H,3,6-9H2,(H,17,20)(H,18,21). The molecule has 1 heterocycles. The second-order valence-corrected chi connectivity index (χ2v) is 5.95. The molecule has 21 heavy (non-hydrogen) atoms. The zero-order valence-electron chi connectivity index (χ0n) is 11.6. The van der Waals surface area contributed by atoms with Crippen molar-refractivity contribution in [2.24, 2.45) is 0 Å². The van der Waals surface area contributed by atoms with Crippen LogP contribution in [0.15, 0.2) is 24.3 Å². The summed E-state index contributed by atoms with van der Waals surface area (Å²) in [7, 11) is 0. The first-order valence-electron chi connectivity index (χ1n) is 7.27. The number of carbonyl (C=O) groups is 2. The van der Waals surface area contributed by atoms with Crippen LogP contribution in [0.1, 0.15) is 25.7 Å². The van der Waals surface area contributed by atoms with Crippen LogP contribution >= 0.6 is 11.6 Å². The number of nitrogens with zero attached hydrogens (tertiary/aromatic N) is 1. The van der Waals surface area contributed by atoms with E-state index in [0.29, 0.717) is 29.7 Å². The summed E-state index contributed by atoms with van der Waals surface area (Å²) in [6.45, 7) is 0.596. The van der Waals surface area contributed by atoms with Gasteiger partial charge in [0.2, 0.25) is 5.91 Å². The smallest absolute Gasteiger partial charge is 0.322 e. The number of carbonyl (C=O) groups excluding carboxylic acids is 2. The number of likely N-dealkylation sites (tertiary alicyclic amines) is 1. The molecule has 0 spiro atoms. The van der Waals surface area contributed by atoms with Crippen LogP contribution in [0, 0.1) is 0 Å². The van der Waals surface area contributed by atoms with Gasteiger partial charge in [0.1, 0.15) is 6.04 Å². The molecule has 0 aromatic heterocycles. The maximum absolute atomic E-state index is 12.4. The van der Waals surface area contributed by atoms with E-state index in [0.717, 1.165) is 19.3 Å². The summed E-state index contributed by atoms with van der Waals surface area (Å²) < 4.78 is 0. The number of urea groups is 1. The molecular weight excluding hydrogens is 290 g/mol. The van der Waals surface area contributed by atoms with Crippen molar-refractivity contribution in [3.63, 3.8) is 0 Å². The van der Waals surface area contributed by atoms with E-state index < -0.39 is 0 Å². The molecule has 1 aromatic carbocycles. The van der Waals surface area contributed by atoms with Gasteiger partial charge < -0.3 is 15.5 Å². The van der Waals surface area contributed by atoms with E-state index in [1.54, 1.807) is 23.1 Å². The molecule has 1 saturated heterocycles. The monoisotopic (exact) mass is 307 g/mol. The Labute approximate surface area is 128 Å². The number of halogens is 1. The Balaban J connectivity index is 1.65. The van der Waals surface area contributed by atoms with Gasteiger partial charge in [-0.3, -0.25) is 4.79 Å². The quantitative estimate of drug-likeness (QED) is 0.901. The van der Waals surface area contributed by atoms with Gasteiger partial charge >= 0.3 is 6.03 Å². The van der Waals surface area contributed by atoms with Crippen LogP contribution in [-0.4, -0.2) is 35.5 Å². The van der Waals surface area contributed by atoms with Crippen LogP contribution in [0.2, 0.25) is 5.02 Å². The van der Waals surface area contributed by atoms with Crippen molar-refractivity contribution >= 4 is 29.2 Å². The highest BCUT2D eigenvalue weighted by molar-refractivity contribution is 6.33. The minimum Gasteiger partial charge on any atom is -0.352 e. The van der Waals surface area contributed by atoms with Gasteiger partial charge in [-0.1, -0.05) is 23.7 Å². The van der Waals surface area contributed by atoms with Gasteiger partial charge in [0.25, 0.3) is 0 Å². The van der Waals surface area contributed by atoms with Gasteiger partial charge in [0.05, 0.1) is 10.7 Å². The first-order valence-corrected chi connectivity index (χ1v) is 7.65. The van der Waals surface area contributed by atoms with E-state index in [-0.39, 0.29) is 18.0 Å². The fourth-order valence-corrected chi connectivity index (χ4v) is 2.74. The third kappa shape index (κ3) is 3.29. The van der Waals surface area contributed by atoms with Gasteiger partial charge in [-0.2, -0.15) is 0 Å². The van der Waals surface area contributed by atoms with Gasteiger partial charge in [0.15, 0.2) is 0 Å². The number of anilines is 1. The topological polar surface area (TPSA) is 61.4 Å². The van der Waals surface area contributed by atoms with Crippen LogP contribution in [-0.2, 0) is 4.79 Å². The first kappa shape index (κ1) is 14.2. The lowest BCUT2D eigenvalue weighted by Gasteiger charge is -2.24. The van der Waals surface area contributed by atoms with Gasteiger partial charge in [-0.25, -0.2) is 4.79 Å². The van der Waals surface area contributed by atoms with Crippen molar-refractivity contribution in [2.45, 2.75) is 37.8 Å². The molecule has 1 aliphatic heterocycles. The molecule has 1 aromatic rings. The van der Waals surface area contributed by atoms with Crippen LogP contribution in [0.4, 0.5) is 10.5 Å². The van der Waals surface area contributed by atoms with Gasteiger partial charge in [-0.15, -0.1) is 0 Å². The zero-order chi connectivity index (χ0) is 14.8. The molecule has 1 saturated carbocycles. The van der Waals surface area contributed by atoms with E-state index in [4.69, 9.17) is 11.6 Å². The molecule has 0 bridgehead atoms. The van der Waals surface area contributed by atoms with E-state index in [2.05, 4.69) is 10.6 Å². The summed E-state index contributed by atoms with van der Waals surface area (Å²) in [6, 6.07) is 6.76. The van der Waals surface area contributed by atoms with Crippen molar-refractivity contribution in [2.75, 3.05) is 11.9 Å². The molecule has 6 heteroatoms. The Bertz CT molecular complexity index is 560. The fourth-order valence-electron chi connectivity index (χ4n) is 2.56. The molecule has 1 unspecified atom stereocenters. The molecular formula is C15H18ClN3O2. The Hall–Kier alpha value is -1.75. The van der Waals surface area contributed by atoms with E-state index >= 15 is 0 Å². The molecule has 3 amide bonds. The Kier molecular flexibility index (Phi) is 4.01. The molecule has 3 rings (SSSR count). The predicted octanol–water partition coefficient (Wildman–Crippen LogP) is 2.61. The summed E-state index contributed by atoms with van der Waals surface area (Å²) >= 11 is 6.04. The number of rotatable bonds is 3. The average Bonchev–Trinajstić information content (AvgIpc) is 3.14. The van der Waals surface area contributed by atoms with Crippen molar-refractivity contribution in [3.05, 3.63) is 29.3 Å². The Morgan fingerprint density at radius 2 is 1.95 bits per heavy atom. The lowest BCUT2D eigenvalue weighted by molar-refractivity contribution is -0.124. The summed E-state index contributed by atoms with van der Waals surface area (Å²) in [6.07, 6.45) is 3.65. The van der Waals surface area contributed by atoms with Crippen molar-refractivity contribution in [1.82, 2.24) is 10.2 Å². The lowest BCUT2D eigenvalue weighted by atomic mass is 10.2. The predicted molar refractivity (Wildman–Crippen MR) is 81.4 cm³/mol. The Morgan fingerprint density at radius 1 is 1.19 bits per heavy atom. The minimum absolute atomic E-state index is 0.0377. The maximum Gasteiger partial charge on any atom is 0.322 e. The lowest BCUT2D eigenvalue weighted by Crippen LogP contribution is -2.48. The molecule has 1 atom stereocenters. The summed E-state index contributed by atoms with van der Waals surface area (Å²) in [5, 5.41) is 6.24. The summed E-state index contributed by atoms with van der Waals surface area (Å²) in [5.41, 5.74) is 0.567. The number of para-hydroxylation sites is 1. The van der Waals surface area contributed by atoms with Crippen molar-refractivity contribution < 1.29 is 9.59 Å². The van der Waals surface area contributed by atoms with Crippen LogP contribution in [0.25, 0.3) is 0 Å². The second-order valence-electron chi connectivity index (χ2n) is 5.54. The number of amides is 3. The molecule has 5 nitrogen and oxygen atoms in total. The molecule has 2 fully saturated rings. The average molecular weight is 308 g/mol. The van der Waals surface area contributed by atoms with Gasteiger partial charge in [0, 0.05) is 12.6 Å². The minimum atomic E-state index is -0.368. The second kappa shape index (κ2) is 5.93. The van der Waals surface area contributed by atoms with Crippen LogP contribution < -0.4 is 10.6 Å². The van der Waals surface area contributed by atoms with Crippen molar-refractivity contribution in [3.8, 4) is 0 Å². The maximum atomic E-state index is 12.4. The SMILES string of the molecule is O=C(NC1CC1)C1CCCN1C(=O)Nc1ccccc1Cl. The summed E-state index contributed by atoms with van der Waals surface area (Å²) in [4.78, 5) is 26.1. The van der Waals surface area contributed by atoms with Crippen LogP contribution in [0.3, 0.4) is 0 Å². The molecule has 2 N–H and O–H groups in total. The number of hydrogen-bond acceptors (Lipinski definition) is 2. The highest BCUT2D eigenvalue weighted by Crippen LogP contribution is 2.25. The number of benzene rings is 1. The van der Waals surface area contributed by atoms with E-state index in [1.165, 1.54) is 0 Å². The summed E-state index contributed by atoms with van der Waals surface area (Å²) in [5.74, 6) is -0.0377. The molecule has 2 aliphatic rings. The van der Waals surface area contributed by atoms with Gasteiger partial charge in [-0.05, 0) is 37.8 Å². The largest absolute Gasteiger partial charge is 0.352 e. The highest BCUT2D eigenvalue weighted by Gasteiger charge is 2.36. The Morgan fingerprint density at radius 3 is 2.67 bits per heavy atom. The van der Waals surface area contributed by atoms with Crippen molar-refractivity contribution in [1.29, 1.82) is 0 Å². The third-order valence-electron chi connectivity index (χ3n) is 3.86.